The molecule has 0 radical (unpaired) electrons. The second-order valence-electron chi connectivity index (χ2n) is 7.31. The Labute approximate surface area is 138 Å². The fraction of sp³-hybridized carbons (Fsp3) is 0.526. The highest BCUT2D eigenvalue weighted by Gasteiger charge is 2.40. The Bertz CT molecular complexity index is 592. The summed E-state index contributed by atoms with van der Waals surface area (Å²) in [4.78, 5) is 14.2. The van der Waals surface area contributed by atoms with Gasteiger partial charge in [0.15, 0.2) is 0 Å². The van der Waals surface area contributed by atoms with Crippen molar-refractivity contribution in [1.82, 2.24) is 4.90 Å². The standard InChI is InChI=1S/C19H25NO3/c1-19(2,3)23-18(21)20-12-14-10-11-22-17-9-7-5-4-6-8-15(17)16(14)13-20/h4-9,14,16H,10-13H2,1-3H3. The van der Waals surface area contributed by atoms with Crippen molar-refractivity contribution in [3.05, 3.63) is 47.8 Å². The molecule has 2 atom stereocenters. The number of rotatable bonds is 0. The predicted octanol–water partition coefficient (Wildman–Crippen LogP) is 3.83. The molecule has 2 aliphatic heterocycles. The Balaban J connectivity index is 1.81. The highest BCUT2D eigenvalue weighted by Crippen LogP contribution is 2.38. The first-order valence-electron chi connectivity index (χ1n) is 8.30. The highest BCUT2D eigenvalue weighted by molar-refractivity contribution is 5.68. The third kappa shape index (κ3) is 3.69. The maximum atomic E-state index is 12.4. The molecule has 3 aliphatic rings. The molecule has 2 heterocycles. The Morgan fingerprint density at radius 1 is 1.17 bits per heavy atom. The number of amides is 1. The van der Waals surface area contributed by atoms with Crippen LogP contribution >= 0.6 is 0 Å². The van der Waals surface area contributed by atoms with E-state index in [1.165, 1.54) is 5.57 Å². The second kappa shape index (κ2) is 6.26. The van der Waals surface area contributed by atoms with Gasteiger partial charge in [-0.15, -0.1) is 0 Å². The first-order chi connectivity index (χ1) is 10.9. The van der Waals surface area contributed by atoms with E-state index in [-0.39, 0.29) is 6.09 Å². The first kappa shape index (κ1) is 15.9. The molecule has 23 heavy (non-hydrogen) atoms. The van der Waals surface area contributed by atoms with Crippen LogP contribution in [-0.4, -0.2) is 36.3 Å². The third-order valence-corrected chi connectivity index (χ3v) is 4.38. The molecule has 0 N–H and O–H groups in total. The van der Waals surface area contributed by atoms with Gasteiger partial charge in [-0.1, -0.05) is 30.4 Å². The quantitative estimate of drug-likeness (QED) is 0.682. The summed E-state index contributed by atoms with van der Waals surface area (Å²) in [7, 11) is 0. The van der Waals surface area contributed by atoms with Crippen LogP contribution in [0.5, 0.6) is 0 Å². The zero-order valence-corrected chi connectivity index (χ0v) is 14.1. The highest BCUT2D eigenvalue weighted by atomic mass is 16.6. The number of allylic oxidation sites excluding steroid dienone is 6. The van der Waals surface area contributed by atoms with Gasteiger partial charge in [-0.3, -0.25) is 0 Å². The zero-order chi connectivity index (χ0) is 16.4. The number of ether oxygens (including phenoxy) is 2. The topological polar surface area (TPSA) is 38.8 Å². The minimum absolute atomic E-state index is 0.209. The van der Waals surface area contributed by atoms with Crippen LogP contribution in [0.2, 0.25) is 0 Å². The minimum atomic E-state index is -0.455. The van der Waals surface area contributed by atoms with Crippen LogP contribution in [0.3, 0.4) is 0 Å². The van der Waals surface area contributed by atoms with Crippen molar-refractivity contribution in [2.24, 2.45) is 11.8 Å². The minimum Gasteiger partial charge on any atom is -0.493 e. The van der Waals surface area contributed by atoms with Gasteiger partial charge in [-0.2, -0.15) is 0 Å². The summed E-state index contributed by atoms with van der Waals surface area (Å²) >= 11 is 0. The number of hydrogen-bond donors (Lipinski definition) is 0. The van der Waals surface area contributed by atoms with E-state index in [9.17, 15) is 4.79 Å². The summed E-state index contributed by atoms with van der Waals surface area (Å²) in [6.45, 7) is 7.85. The van der Waals surface area contributed by atoms with Gasteiger partial charge >= 0.3 is 6.09 Å². The molecule has 1 amide bonds. The van der Waals surface area contributed by atoms with Gasteiger partial charge in [-0.25, -0.2) is 4.79 Å². The average molecular weight is 315 g/mol. The molecule has 4 heteroatoms. The van der Waals surface area contributed by atoms with Crippen LogP contribution in [0.4, 0.5) is 4.79 Å². The van der Waals surface area contributed by atoms with Crippen LogP contribution in [0.1, 0.15) is 27.2 Å². The van der Waals surface area contributed by atoms with Gasteiger partial charge in [0.1, 0.15) is 11.4 Å². The number of carbonyl (C=O) groups excluding carboxylic acids is 1. The fourth-order valence-electron chi connectivity index (χ4n) is 3.36. The maximum absolute atomic E-state index is 12.4. The van der Waals surface area contributed by atoms with E-state index in [0.29, 0.717) is 25.0 Å². The van der Waals surface area contributed by atoms with E-state index >= 15 is 0 Å². The predicted molar refractivity (Wildman–Crippen MR) is 89.8 cm³/mol. The van der Waals surface area contributed by atoms with Gasteiger partial charge in [0.2, 0.25) is 0 Å². The van der Waals surface area contributed by atoms with E-state index in [2.05, 4.69) is 6.08 Å². The van der Waals surface area contributed by atoms with Crippen LogP contribution < -0.4 is 0 Å². The van der Waals surface area contributed by atoms with Crippen molar-refractivity contribution in [3.8, 4) is 0 Å². The molecule has 0 aromatic heterocycles. The lowest BCUT2D eigenvalue weighted by Crippen LogP contribution is -2.35. The molecule has 0 spiro atoms. The Kier molecular flexibility index (Phi) is 4.33. The average Bonchev–Trinajstić information content (AvgIpc) is 2.77. The summed E-state index contributed by atoms with van der Waals surface area (Å²) in [6.07, 6.45) is 12.9. The summed E-state index contributed by atoms with van der Waals surface area (Å²) < 4.78 is 11.5. The first-order valence-corrected chi connectivity index (χ1v) is 8.30. The summed E-state index contributed by atoms with van der Waals surface area (Å²) in [5.74, 6) is 1.67. The smallest absolute Gasteiger partial charge is 0.410 e. The Morgan fingerprint density at radius 2 is 1.91 bits per heavy atom. The van der Waals surface area contributed by atoms with Crippen molar-refractivity contribution in [2.45, 2.75) is 32.8 Å². The Morgan fingerprint density at radius 3 is 2.65 bits per heavy atom. The van der Waals surface area contributed by atoms with Gasteiger partial charge in [0.25, 0.3) is 0 Å². The number of nitrogens with zero attached hydrogens (tertiary/aromatic N) is 1. The van der Waals surface area contributed by atoms with Crippen molar-refractivity contribution in [1.29, 1.82) is 0 Å². The summed E-state index contributed by atoms with van der Waals surface area (Å²) in [5, 5.41) is 0. The van der Waals surface area contributed by atoms with Crippen LogP contribution in [-0.2, 0) is 9.47 Å². The lowest BCUT2D eigenvalue weighted by Gasteiger charge is -2.24. The molecular formula is C19H25NO3. The van der Waals surface area contributed by atoms with E-state index in [0.717, 1.165) is 18.7 Å². The molecule has 1 fully saturated rings. The van der Waals surface area contributed by atoms with Crippen LogP contribution in [0.25, 0.3) is 0 Å². The fourth-order valence-corrected chi connectivity index (χ4v) is 3.36. The van der Waals surface area contributed by atoms with Crippen molar-refractivity contribution in [2.75, 3.05) is 19.7 Å². The van der Waals surface area contributed by atoms with Gasteiger partial charge in [0, 0.05) is 19.0 Å². The molecule has 0 aromatic rings. The second-order valence-corrected chi connectivity index (χ2v) is 7.31. The van der Waals surface area contributed by atoms with Crippen molar-refractivity contribution >= 4 is 6.09 Å². The van der Waals surface area contributed by atoms with E-state index < -0.39 is 5.60 Å². The van der Waals surface area contributed by atoms with Gasteiger partial charge in [-0.05, 0) is 44.8 Å². The third-order valence-electron chi connectivity index (χ3n) is 4.38. The number of fused-ring (bicyclic) bond motifs is 2. The Hall–Kier alpha value is -1.97. The molecule has 0 saturated carbocycles. The molecule has 124 valence electrons. The number of hydrogen-bond acceptors (Lipinski definition) is 3. The van der Waals surface area contributed by atoms with Crippen molar-refractivity contribution < 1.29 is 14.3 Å². The van der Waals surface area contributed by atoms with Crippen LogP contribution in [0, 0.1) is 11.8 Å². The maximum Gasteiger partial charge on any atom is 0.410 e. The SMILES string of the molecule is CC(C)(C)OC(=O)N1CC2CCOC3=C(C=CC=CC=C3)C2C1. The molecule has 0 aromatic carbocycles. The van der Waals surface area contributed by atoms with Crippen LogP contribution in [0.15, 0.2) is 47.8 Å². The summed E-state index contributed by atoms with van der Waals surface area (Å²) in [5.41, 5.74) is 0.738. The van der Waals surface area contributed by atoms with Gasteiger partial charge < -0.3 is 14.4 Å². The number of carbonyl (C=O) groups is 1. The summed E-state index contributed by atoms with van der Waals surface area (Å²) in [6, 6.07) is 0. The zero-order valence-electron chi connectivity index (χ0n) is 14.1. The molecule has 0 bridgehead atoms. The van der Waals surface area contributed by atoms with Gasteiger partial charge in [0.05, 0.1) is 6.61 Å². The molecular weight excluding hydrogens is 290 g/mol. The lowest BCUT2D eigenvalue weighted by molar-refractivity contribution is 0.0282. The van der Waals surface area contributed by atoms with E-state index in [4.69, 9.17) is 9.47 Å². The molecule has 1 aliphatic carbocycles. The molecule has 4 nitrogen and oxygen atoms in total. The molecule has 1 saturated heterocycles. The normalized spacial score (nSPS) is 26.8. The van der Waals surface area contributed by atoms with Crippen molar-refractivity contribution in [3.63, 3.8) is 0 Å². The van der Waals surface area contributed by atoms with E-state index in [1.54, 1.807) is 0 Å². The largest absolute Gasteiger partial charge is 0.493 e. The monoisotopic (exact) mass is 315 g/mol. The molecule has 3 rings (SSSR count). The van der Waals surface area contributed by atoms with E-state index in [1.807, 2.05) is 56.1 Å². The molecule has 2 unspecified atom stereocenters. The lowest BCUT2D eigenvalue weighted by atomic mass is 9.86. The number of likely N-dealkylation sites (tertiary alicyclic amines) is 1.